The second kappa shape index (κ2) is 5.53. The predicted octanol–water partition coefficient (Wildman–Crippen LogP) is 1.57. The van der Waals surface area contributed by atoms with Gasteiger partial charge in [-0.05, 0) is 27.7 Å². The maximum absolute atomic E-state index is 11.3. The highest BCUT2D eigenvalue weighted by atomic mass is 16.5. The first-order valence-electron chi connectivity index (χ1n) is 5.49. The minimum Gasteiger partial charge on any atom is -0.465 e. The highest BCUT2D eigenvalue weighted by Crippen LogP contribution is 2.11. The number of nitrogens with one attached hydrogen (secondary N) is 1. The Bertz CT molecular complexity index is 358. The van der Waals surface area contributed by atoms with Crippen molar-refractivity contribution in [3.8, 4) is 0 Å². The molecule has 0 aliphatic rings. The molecule has 0 aliphatic carbocycles. The molecule has 0 fully saturated rings. The van der Waals surface area contributed by atoms with Crippen molar-refractivity contribution in [2.24, 2.45) is 0 Å². The van der Waals surface area contributed by atoms with E-state index in [-0.39, 0.29) is 12.5 Å². The summed E-state index contributed by atoms with van der Waals surface area (Å²) in [5, 5.41) is 7.47. The first kappa shape index (κ1) is 12.5. The first-order valence-corrected chi connectivity index (χ1v) is 5.49. The smallest absolute Gasteiger partial charge is 0.327 e. The molecule has 1 heterocycles. The Morgan fingerprint density at radius 1 is 1.62 bits per heavy atom. The summed E-state index contributed by atoms with van der Waals surface area (Å²) in [6.45, 7) is 8.31. The van der Waals surface area contributed by atoms with Gasteiger partial charge in [-0.1, -0.05) is 0 Å². The summed E-state index contributed by atoms with van der Waals surface area (Å²) < 4.78 is 6.52. The lowest BCUT2D eigenvalue weighted by Gasteiger charge is -2.11. The molecule has 1 aromatic rings. The first-order chi connectivity index (χ1) is 7.52. The summed E-state index contributed by atoms with van der Waals surface area (Å²) in [5.74, 6) is 0.581. The maximum atomic E-state index is 11.3. The van der Waals surface area contributed by atoms with Gasteiger partial charge in [-0.2, -0.15) is 5.10 Å². The number of nitrogens with zero attached hydrogens (tertiary/aromatic N) is 2. The molecule has 0 atom stereocenters. The quantitative estimate of drug-likeness (QED) is 0.773. The molecule has 1 rings (SSSR count). The monoisotopic (exact) mass is 225 g/mol. The summed E-state index contributed by atoms with van der Waals surface area (Å²) in [7, 11) is 0. The van der Waals surface area contributed by atoms with Gasteiger partial charge in [0.05, 0.1) is 12.3 Å². The van der Waals surface area contributed by atoms with Crippen LogP contribution in [0.2, 0.25) is 0 Å². The fourth-order valence-corrected chi connectivity index (χ4v) is 1.41. The van der Waals surface area contributed by atoms with Crippen molar-refractivity contribution in [2.75, 3.05) is 11.9 Å². The molecule has 0 aliphatic heterocycles. The third kappa shape index (κ3) is 3.56. The fraction of sp³-hybridized carbons (Fsp3) is 0.636. The molecule has 5 heteroatoms. The lowest BCUT2D eigenvalue weighted by molar-refractivity contribution is -0.144. The van der Waals surface area contributed by atoms with Gasteiger partial charge in [0, 0.05) is 12.1 Å². The topological polar surface area (TPSA) is 56.2 Å². The standard InChI is InChI=1S/C11H19N3O2/c1-5-16-11(15)7-14-10(12-8(2)3)6-9(4)13-14/h6,8,12H,5,7H2,1-4H3. The van der Waals surface area contributed by atoms with Crippen LogP contribution in [-0.4, -0.2) is 28.4 Å². The van der Waals surface area contributed by atoms with E-state index < -0.39 is 0 Å². The normalized spacial score (nSPS) is 10.6. The second-order valence-corrected chi connectivity index (χ2v) is 3.93. The molecule has 5 nitrogen and oxygen atoms in total. The molecule has 0 amide bonds. The molecule has 16 heavy (non-hydrogen) atoms. The molecule has 0 aromatic carbocycles. The lowest BCUT2D eigenvalue weighted by atomic mass is 10.4. The Hall–Kier alpha value is -1.52. The highest BCUT2D eigenvalue weighted by Gasteiger charge is 2.10. The molecule has 0 bridgehead atoms. The van der Waals surface area contributed by atoms with Gasteiger partial charge < -0.3 is 10.1 Å². The predicted molar refractivity (Wildman–Crippen MR) is 62.4 cm³/mol. The van der Waals surface area contributed by atoms with Crippen molar-refractivity contribution >= 4 is 11.8 Å². The Kier molecular flexibility index (Phi) is 4.34. The van der Waals surface area contributed by atoms with E-state index in [0.29, 0.717) is 12.6 Å². The van der Waals surface area contributed by atoms with E-state index in [1.54, 1.807) is 11.6 Å². The van der Waals surface area contributed by atoms with Crippen LogP contribution < -0.4 is 5.32 Å². The van der Waals surface area contributed by atoms with Crippen LogP contribution in [-0.2, 0) is 16.1 Å². The summed E-state index contributed by atoms with van der Waals surface area (Å²) in [5.41, 5.74) is 0.882. The van der Waals surface area contributed by atoms with Gasteiger partial charge in [0.1, 0.15) is 12.4 Å². The third-order valence-corrected chi connectivity index (χ3v) is 1.92. The molecular weight excluding hydrogens is 206 g/mol. The van der Waals surface area contributed by atoms with Gasteiger partial charge >= 0.3 is 5.97 Å². The average Bonchev–Trinajstić information content (AvgIpc) is 2.45. The van der Waals surface area contributed by atoms with Gasteiger partial charge in [0.25, 0.3) is 0 Å². The van der Waals surface area contributed by atoms with Crippen molar-refractivity contribution in [2.45, 2.75) is 40.3 Å². The fourth-order valence-electron chi connectivity index (χ4n) is 1.41. The number of anilines is 1. The van der Waals surface area contributed by atoms with Gasteiger partial charge in [-0.25, -0.2) is 4.68 Å². The number of carbonyl (C=O) groups excluding carboxylic acids is 1. The number of hydrogen-bond donors (Lipinski definition) is 1. The molecule has 0 saturated heterocycles. The Morgan fingerprint density at radius 2 is 2.31 bits per heavy atom. The number of hydrogen-bond acceptors (Lipinski definition) is 4. The van der Waals surface area contributed by atoms with Crippen molar-refractivity contribution < 1.29 is 9.53 Å². The van der Waals surface area contributed by atoms with Gasteiger partial charge in [-0.15, -0.1) is 0 Å². The van der Waals surface area contributed by atoms with E-state index in [4.69, 9.17) is 4.74 Å². The maximum Gasteiger partial charge on any atom is 0.327 e. The number of rotatable bonds is 5. The number of carbonyl (C=O) groups is 1. The number of ether oxygens (including phenoxy) is 1. The molecule has 0 saturated carbocycles. The van der Waals surface area contributed by atoms with E-state index >= 15 is 0 Å². The van der Waals surface area contributed by atoms with Crippen LogP contribution in [0.1, 0.15) is 26.5 Å². The van der Waals surface area contributed by atoms with E-state index in [2.05, 4.69) is 10.4 Å². The molecule has 90 valence electrons. The zero-order chi connectivity index (χ0) is 12.1. The van der Waals surface area contributed by atoms with E-state index in [9.17, 15) is 4.79 Å². The minimum absolute atomic E-state index is 0.150. The van der Waals surface area contributed by atoms with E-state index in [1.807, 2.05) is 26.8 Å². The Morgan fingerprint density at radius 3 is 2.88 bits per heavy atom. The lowest BCUT2D eigenvalue weighted by Crippen LogP contribution is -2.19. The van der Waals surface area contributed by atoms with E-state index in [1.165, 1.54) is 0 Å². The van der Waals surface area contributed by atoms with Crippen molar-refractivity contribution in [3.63, 3.8) is 0 Å². The van der Waals surface area contributed by atoms with Gasteiger partial charge in [-0.3, -0.25) is 4.79 Å². The Balaban J connectivity index is 2.74. The van der Waals surface area contributed by atoms with Crippen LogP contribution >= 0.6 is 0 Å². The van der Waals surface area contributed by atoms with Crippen molar-refractivity contribution in [3.05, 3.63) is 11.8 Å². The van der Waals surface area contributed by atoms with Crippen LogP contribution in [0, 0.1) is 6.92 Å². The zero-order valence-electron chi connectivity index (χ0n) is 10.3. The zero-order valence-corrected chi connectivity index (χ0v) is 10.3. The average molecular weight is 225 g/mol. The molecule has 0 unspecified atom stereocenters. The van der Waals surface area contributed by atoms with Gasteiger partial charge in [0.2, 0.25) is 0 Å². The van der Waals surface area contributed by atoms with Crippen LogP contribution in [0.4, 0.5) is 5.82 Å². The highest BCUT2D eigenvalue weighted by molar-refractivity contribution is 5.69. The number of aromatic nitrogens is 2. The summed E-state index contributed by atoms with van der Waals surface area (Å²) in [6.07, 6.45) is 0. The van der Waals surface area contributed by atoms with Crippen molar-refractivity contribution in [1.29, 1.82) is 0 Å². The molecule has 1 N–H and O–H groups in total. The summed E-state index contributed by atoms with van der Waals surface area (Å²) in [4.78, 5) is 11.3. The van der Waals surface area contributed by atoms with Crippen LogP contribution in [0.3, 0.4) is 0 Å². The molecule has 0 spiro atoms. The minimum atomic E-state index is -0.266. The number of aryl methyl sites for hydroxylation is 1. The SMILES string of the molecule is CCOC(=O)Cn1nc(C)cc1NC(C)C. The Labute approximate surface area is 95.8 Å². The molecule has 0 radical (unpaired) electrons. The van der Waals surface area contributed by atoms with Gasteiger partial charge in [0.15, 0.2) is 0 Å². The van der Waals surface area contributed by atoms with Crippen LogP contribution in [0.25, 0.3) is 0 Å². The summed E-state index contributed by atoms with van der Waals surface area (Å²) >= 11 is 0. The van der Waals surface area contributed by atoms with Crippen LogP contribution in [0.15, 0.2) is 6.07 Å². The largest absolute Gasteiger partial charge is 0.465 e. The molecule has 1 aromatic heterocycles. The molecular formula is C11H19N3O2. The third-order valence-electron chi connectivity index (χ3n) is 1.92. The number of esters is 1. The van der Waals surface area contributed by atoms with Crippen molar-refractivity contribution in [1.82, 2.24) is 9.78 Å². The van der Waals surface area contributed by atoms with E-state index in [0.717, 1.165) is 11.5 Å². The van der Waals surface area contributed by atoms with Crippen LogP contribution in [0.5, 0.6) is 0 Å². The summed E-state index contributed by atoms with van der Waals surface area (Å²) in [6, 6.07) is 2.22. The second-order valence-electron chi connectivity index (χ2n) is 3.93.